The Bertz CT molecular complexity index is 674. The van der Waals surface area contributed by atoms with Crippen molar-refractivity contribution in [2.24, 2.45) is 0 Å². The molecule has 2 rings (SSSR count). The number of rotatable bonds is 2. The van der Waals surface area contributed by atoms with Crippen molar-refractivity contribution in [1.82, 2.24) is 4.98 Å². The van der Waals surface area contributed by atoms with Gasteiger partial charge < -0.3 is 4.98 Å². The molecule has 1 heterocycles. The Kier molecular flexibility index (Phi) is 2.28. The lowest BCUT2D eigenvalue weighted by Gasteiger charge is -1.95. The molecule has 0 amide bonds. The average Bonchev–Trinajstić information content (AvgIpc) is 2.57. The van der Waals surface area contributed by atoms with Crippen LogP contribution in [0.25, 0.3) is 10.9 Å². The average molecular weight is 243 g/mol. The van der Waals surface area contributed by atoms with Gasteiger partial charge in [0.15, 0.2) is 6.29 Å². The van der Waals surface area contributed by atoms with Gasteiger partial charge in [-0.3, -0.25) is 9.35 Å². The zero-order valence-electron chi connectivity index (χ0n) is 7.77. The summed E-state index contributed by atoms with van der Waals surface area (Å²) in [7, 11) is -4.57. The predicted octanol–water partition coefficient (Wildman–Crippen LogP) is 1.37. The third kappa shape index (κ3) is 1.50. The molecule has 0 saturated heterocycles. The second kappa shape index (κ2) is 3.39. The zero-order valence-corrected chi connectivity index (χ0v) is 8.58. The molecule has 0 unspecified atom stereocenters. The Morgan fingerprint density at radius 2 is 2.06 bits per heavy atom. The highest BCUT2D eigenvalue weighted by Gasteiger charge is 2.23. The molecule has 0 bridgehead atoms. The van der Waals surface area contributed by atoms with Gasteiger partial charge in [-0.15, -0.1) is 0 Å². The van der Waals surface area contributed by atoms with Crippen LogP contribution >= 0.6 is 0 Å². The number of benzene rings is 1. The quantitative estimate of drug-likeness (QED) is 0.616. The van der Waals surface area contributed by atoms with Crippen molar-refractivity contribution < 1.29 is 22.2 Å². The minimum Gasteiger partial charge on any atom is -0.349 e. The number of aromatic nitrogens is 1. The number of nitrogens with one attached hydrogen (secondary N) is 1. The molecule has 1 aromatic heterocycles. The van der Waals surface area contributed by atoms with Crippen LogP contribution in [0.2, 0.25) is 0 Å². The molecule has 7 heteroatoms. The second-order valence-electron chi connectivity index (χ2n) is 3.12. The lowest BCUT2D eigenvalue weighted by Crippen LogP contribution is -2.00. The molecule has 0 atom stereocenters. The first-order valence-corrected chi connectivity index (χ1v) is 5.62. The first-order chi connectivity index (χ1) is 7.45. The van der Waals surface area contributed by atoms with E-state index in [-0.39, 0.29) is 22.9 Å². The number of fused-ring (bicyclic) bond motifs is 1. The van der Waals surface area contributed by atoms with Crippen LogP contribution in [-0.4, -0.2) is 24.2 Å². The van der Waals surface area contributed by atoms with E-state index < -0.39 is 20.8 Å². The molecule has 0 saturated carbocycles. The Morgan fingerprint density at radius 3 is 2.62 bits per heavy atom. The monoisotopic (exact) mass is 243 g/mol. The molecular formula is C9H6FNO4S. The molecule has 1 aromatic carbocycles. The van der Waals surface area contributed by atoms with Crippen molar-refractivity contribution in [3.63, 3.8) is 0 Å². The molecule has 0 radical (unpaired) electrons. The molecule has 84 valence electrons. The van der Waals surface area contributed by atoms with Gasteiger partial charge >= 0.3 is 0 Å². The minimum atomic E-state index is -4.57. The molecule has 2 aromatic rings. The van der Waals surface area contributed by atoms with Gasteiger partial charge in [0.25, 0.3) is 10.1 Å². The Labute approximate surface area is 89.6 Å². The van der Waals surface area contributed by atoms with Crippen LogP contribution in [0.3, 0.4) is 0 Å². The smallest absolute Gasteiger partial charge is 0.297 e. The third-order valence-electron chi connectivity index (χ3n) is 2.14. The number of carbonyl (C=O) groups is 1. The molecule has 0 aliphatic heterocycles. The SMILES string of the molecule is O=Cc1[nH]c2c(F)cccc2c1S(=O)(=O)O. The van der Waals surface area contributed by atoms with Crippen LogP contribution in [0.5, 0.6) is 0 Å². The molecular weight excluding hydrogens is 237 g/mol. The number of aromatic amines is 1. The fourth-order valence-electron chi connectivity index (χ4n) is 1.54. The van der Waals surface area contributed by atoms with Crippen LogP contribution in [0.1, 0.15) is 10.5 Å². The van der Waals surface area contributed by atoms with E-state index in [4.69, 9.17) is 4.55 Å². The Morgan fingerprint density at radius 1 is 1.38 bits per heavy atom. The second-order valence-corrected chi connectivity index (χ2v) is 4.48. The van der Waals surface area contributed by atoms with E-state index in [1.54, 1.807) is 0 Å². The summed E-state index contributed by atoms with van der Waals surface area (Å²) >= 11 is 0. The number of halogens is 1. The van der Waals surface area contributed by atoms with E-state index in [2.05, 4.69) is 4.98 Å². The van der Waals surface area contributed by atoms with Crippen LogP contribution in [0.15, 0.2) is 23.1 Å². The van der Waals surface area contributed by atoms with Gasteiger partial charge in [-0.1, -0.05) is 12.1 Å². The Hall–Kier alpha value is -1.73. The summed E-state index contributed by atoms with van der Waals surface area (Å²) in [6, 6.07) is 3.70. The molecule has 0 spiro atoms. The van der Waals surface area contributed by atoms with Crippen molar-refractivity contribution in [1.29, 1.82) is 0 Å². The van der Waals surface area contributed by atoms with Gasteiger partial charge in [0, 0.05) is 5.39 Å². The highest BCUT2D eigenvalue weighted by Crippen LogP contribution is 2.27. The van der Waals surface area contributed by atoms with Gasteiger partial charge in [-0.2, -0.15) is 8.42 Å². The maximum Gasteiger partial charge on any atom is 0.297 e. The molecule has 5 nitrogen and oxygen atoms in total. The van der Waals surface area contributed by atoms with Crippen LogP contribution in [-0.2, 0) is 10.1 Å². The van der Waals surface area contributed by atoms with Crippen LogP contribution in [0.4, 0.5) is 4.39 Å². The van der Waals surface area contributed by atoms with Gasteiger partial charge in [0.2, 0.25) is 0 Å². The first kappa shape index (κ1) is 10.8. The highest BCUT2D eigenvalue weighted by molar-refractivity contribution is 7.86. The van der Waals surface area contributed by atoms with E-state index in [1.807, 2.05) is 0 Å². The summed E-state index contributed by atoms with van der Waals surface area (Å²) in [5.74, 6) is -0.699. The summed E-state index contributed by atoms with van der Waals surface area (Å²) in [6.07, 6.45) is 0.211. The van der Waals surface area contributed by atoms with E-state index in [0.29, 0.717) is 0 Å². The van der Waals surface area contributed by atoms with E-state index >= 15 is 0 Å². The number of carbonyl (C=O) groups excluding carboxylic acids is 1. The van der Waals surface area contributed by atoms with Crippen molar-refractivity contribution in [3.8, 4) is 0 Å². The van der Waals surface area contributed by atoms with Crippen LogP contribution in [0, 0.1) is 5.82 Å². The summed E-state index contributed by atoms with van der Waals surface area (Å²) in [4.78, 5) is 12.3. The molecule has 0 fully saturated rings. The molecule has 0 aliphatic rings. The van der Waals surface area contributed by atoms with Gasteiger partial charge in [-0.25, -0.2) is 4.39 Å². The number of para-hydroxylation sites is 1. The summed E-state index contributed by atoms with van der Waals surface area (Å²) in [6.45, 7) is 0. The fraction of sp³-hybridized carbons (Fsp3) is 0. The van der Waals surface area contributed by atoms with Crippen molar-refractivity contribution in [2.45, 2.75) is 4.90 Å². The number of hydrogen-bond donors (Lipinski definition) is 2. The topological polar surface area (TPSA) is 87.2 Å². The molecule has 16 heavy (non-hydrogen) atoms. The Balaban J connectivity index is 3.01. The summed E-state index contributed by atoms with van der Waals surface area (Å²) < 4.78 is 44.3. The van der Waals surface area contributed by atoms with Crippen molar-refractivity contribution >= 4 is 27.3 Å². The van der Waals surface area contributed by atoms with E-state index in [1.165, 1.54) is 12.1 Å². The maximum absolute atomic E-state index is 13.3. The predicted molar refractivity (Wildman–Crippen MR) is 53.5 cm³/mol. The van der Waals surface area contributed by atoms with Gasteiger partial charge in [0.1, 0.15) is 16.4 Å². The van der Waals surface area contributed by atoms with Crippen molar-refractivity contribution in [2.75, 3.05) is 0 Å². The molecule has 0 aliphatic carbocycles. The maximum atomic E-state index is 13.3. The normalized spacial score (nSPS) is 11.9. The zero-order chi connectivity index (χ0) is 11.9. The number of hydrogen-bond acceptors (Lipinski definition) is 3. The van der Waals surface area contributed by atoms with Gasteiger partial charge in [-0.05, 0) is 6.07 Å². The first-order valence-electron chi connectivity index (χ1n) is 4.18. The standard InChI is InChI=1S/C9H6FNO4S/c10-6-3-1-2-5-8(6)11-7(4-12)9(5)16(13,14)15/h1-4,11H,(H,13,14,15). The summed E-state index contributed by atoms with van der Waals surface area (Å²) in [5, 5.41) is -0.0513. The van der Waals surface area contributed by atoms with Crippen LogP contribution < -0.4 is 0 Å². The van der Waals surface area contributed by atoms with Gasteiger partial charge in [0.05, 0.1) is 5.52 Å². The van der Waals surface area contributed by atoms with E-state index in [9.17, 15) is 17.6 Å². The lowest BCUT2D eigenvalue weighted by molar-refractivity contribution is 0.111. The number of aldehydes is 1. The van der Waals surface area contributed by atoms with Crippen molar-refractivity contribution in [3.05, 3.63) is 29.7 Å². The largest absolute Gasteiger partial charge is 0.349 e. The lowest BCUT2D eigenvalue weighted by atomic mass is 10.2. The minimum absolute atomic E-state index is 0.0513. The number of H-pyrrole nitrogens is 1. The molecule has 2 N–H and O–H groups in total. The van der Waals surface area contributed by atoms with E-state index in [0.717, 1.165) is 6.07 Å². The summed E-state index contributed by atoms with van der Waals surface area (Å²) in [5.41, 5.74) is -0.500. The third-order valence-corrected chi connectivity index (χ3v) is 3.09. The fourth-order valence-corrected chi connectivity index (χ4v) is 2.36. The highest BCUT2D eigenvalue weighted by atomic mass is 32.2.